The van der Waals surface area contributed by atoms with Gasteiger partial charge in [0.25, 0.3) is 0 Å². The Morgan fingerprint density at radius 3 is 2.56 bits per heavy atom. The first-order valence-electron chi connectivity index (χ1n) is 5.57. The standard InChI is InChI=1S/C13H19BrFN/c1-13(2,3)16-8-4-5-10-6-7-11(15)9-12(10)14/h6-7,9,16H,4-5,8H2,1-3H3. The molecule has 1 aromatic carbocycles. The molecule has 0 bridgehead atoms. The molecule has 0 saturated carbocycles. The van der Waals surface area contributed by atoms with Crippen LogP contribution < -0.4 is 5.32 Å². The molecule has 90 valence electrons. The van der Waals surface area contributed by atoms with Gasteiger partial charge in [-0.1, -0.05) is 22.0 Å². The molecule has 1 nitrogen and oxygen atoms in total. The Morgan fingerprint density at radius 1 is 1.31 bits per heavy atom. The lowest BCUT2D eigenvalue weighted by atomic mass is 10.1. The molecule has 0 aliphatic rings. The van der Waals surface area contributed by atoms with Crippen LogP contribution in [0.25, 0.3) is 0 Å². The van der Waals surface area contributed by atoms with Crippen molar-refractivity contribution in [1.29, 1.82) is 0 Å². The van der Waals surface area contributed by atoms with Crippen LogP contribution in [0, 0.1) is 5.82 Å². The van der Waals surface area contributed by atoms with Crippen molar-refractivity contribution in [2.75, 3.05) is 6.54 Å². The van der Waals surface area contributed by atoms with Gasteiger partial charge in [-0.3, -0.25) is 0 Å². The van der Waals surface area contributed by atoms with Gasteiger partial charge in [-0.15, -0.1) is 0 Å². The molecular formula is C13H19BrFN. The second kappa shape index (κ2) is 5.78. The predicted octanol–water partition coefficient (Wildman–Crippen LogP) is 3.91. The maximum absolute atomic E-state index is 12.8. The van der Waals surface area contributed by atoms with Crippen LogP contribution in [0.4, 0.5) is 4.39 Å². The molecule has 0 aliphatic carbocycles. The Kier molecular flexibility index (Phi) is 4.93. The highest BCUT2D eigenvalue weighted by molar-refractivity contribution is 9.10. The van der Waals surface area contributed by atoms with Gasteiger partial charge in [0.15, 0.2) is 0 Å². The van der Waals surface area contributed by atoms with Crippen LogP contribution in [0.3, 0.4) is 0 Å². The van der Waals surface area contributed by atoms with Gasteiger partial charge in [0.1, 0.15) is 5.82 Å². The molecule has 0 heterocycles. The molecule has 0 radical (unpaired) electrons. The molecule has 0 saturated heterocycles. The summed E-state index contributed by atoms with van der Waals surface area (Å²) in [5.41, 5.74) is 1.33. The number of halogens is 2. The third-order valence-corrected chi connectivity index (χ3v) is 3.03. The third kappa shape index (κ3) is 5.08. The Balaban J connectivity index is 2.38. The van der Waals surface area contributed by atoms with Crippen LogP contribution in [-0.2, 0) is 6.42 Å². The van der Waals surface area contributed by atoms with E-state index in [2.05, 4.69) is 42.0 Å². The largest absolute Gasteiger partial charge is 0.312 e. The zero-order valence-corrected chi connectivity index (χ0v) is 11.7. The van der Waals surface area contributed by atoms with Gasteiger partial charge in [-0.05, 0) is 57.9 Å². The van der Waals surface area contributed by atoms with Crippen molar-refractivity contribution in [3.63, 3.8) is 0 Å². The molecule has 0 unspecified atom stereocenters. The van der Waals surface area contributed by atoms with E-state index in [-0.39, 0.29) is 11.4 Å². The first kappa shape index (κ1) is 13.7. The second-order valence-corrected chi connectivity index (χ2v) is 5.87. The summed E-state index contributed by atoms with van der Waals surface area (Å²) < 4.78 is 13.7. The van der Waals surface area contributed by atoms with Crippen molar-refractivity contribution < 1.29 is 4.39 Å². The molecule has 3 heteroatoms. The number of hydrogen-bond donors (Lipinski definition) is 1. The third-order valence-electron chi connectivity index (χ3n) is 2.29. The first-order chi connectivity index (χ1) is 7.38. The van der Waals surface area contributed by atoms with E-state index in [1.54, 1.807) is 0 Å². The Morgan fingerprint density at radius 2 is 2.00 bits per heavy atom. The minimum atomic E-state index is -0.191. The van der Waals surface area contributed by atoms with Crippen LogP contribution >= 0.6 is 15.9 Å². The summed E-state index contributed by atoms with van der Waals surface area (Å²) in [4.78, 5) is 0. The van der Waals surface area contributed by atoms with Crippen molar-refractivity contribution in [3.05, 3.63) is 34.1 Å². The summed E-state index contributed by atoms with van der Waals surface area (Å²) in [6.07, 6.45) is 2.02. The van der Waals surface area contributed by atoms with Gasteiger partial charge in [0, 0.05) is 10.0 Å². The van der Waals surface area contributed by atoms with Crippen molar-refractivity contribution in [3.8, 4) is 0 Å². The summed E-state index contributed by atoms with van der Waals surface area (Å²) >= 11 is 3.38. The zero-order valence-electron chi connectivity index (χ0n) is 10.1. The number of hydrogen-bond acceptors (Lipinski definition) is 1. The van der Waals surface area contributed by atoms with Crippen LogP contribution in [0.5, 0.6) is 0 Å². The molecule has 16 heavy (non-hydrogen) atoms. The molecule has 1 aromatic rings. The molecule has 0 aromatic heterocycles. The van der Waals surface area contributed by atoms with Crippen molar-refractivity contribution in [1.82, 2.24) is 5.32 Å². The number of aryl methyl sites for hydroxylation is 1. The molecule has 0 atom stereocenters. The van der Waals surface area contributed by atoms with E-state index in [4.69, 9.17) is 0 Å². The van der Waals surface area contributed by atoms with Gasteiger partial charge in [-0.25, -0.2) is 4.39 Å². The second-order valence-electron chi connectivity index (χ2n) is 5.02. The Labute approximate surface area is 106 Å². The summed E-state index contributed by atoms with van der Waals surface area (Å²) in [5, 5.41) is 3.43. The lowest BCUT2D eigenvalue weighted by Crippen LogP contribution is -2.36. The molecule has 0 amide bonds. The number of rotatable bonds is 4. The average Bonchev–Trinajstić information content (AvgIpc) is 2.13. The van der Waals surface area contributed by atoms with E-state index in [0.717, 1.165) is 29.4 Å². The summed E-state index contributed by atoms with van der Waals surface area (Å²) in [7, 11) is 0. The van der Waals surface area contributed by atoms with Gasteiger partial charge in [0.2, 0.25) is 0 Å². The first-order valence-corrected chi connectivity index (χ1v) is 6.37. The Hall–Kier alpha value is -0.410. The average molecular weight is 288 g/mol. The monoisotopic (exact) mass is 287 g/mol. The molecule has 0 fully saturated rings. The van der Waals surface area contributed by atoms with Crippen LogP contribution in [0.1, 0.15) is 32.8 Å². The minimum Gasteiger partial charge on any atom is -0.312 e. The molecule has 0 aliphatic heterocycles. The minimum absolute atomic E-state index is 0.167. The fraction of sp³-hybridized carbons (Fsp3) is 0.538. The van der Waals surface area contributed by atoms with Crippen LogP contribution in [-0.4, -0.2) is 12.1 Å². The molecule has 0 spiro atoms. The fourth-order valence-electron chi connectivity index (χ4n) is 1.47. The van der Waals surface area contributed by atoms with E-state index >= 15 is 0 Å². The summed E-state index contributed by atoms with van der Waals surface area (Å²) in [6, 6.07) is 4.88. The highest BCUT2D eigenvalue weighted by Crippen LogP contribution is 2.19. The van der Waals surface area contributed by atoms with Gasteiger partial charge in [-0.2, -0.15) is 0 Å². The molecule has 1 rings (SSSR count). The van der Waals surface area contributed by atoms with E-state index in [0.29, 0.717) is 0 Å². The highest BCUT2D eigenvalue weighted by Gasteiger charge is 2.07. The lowest BCUT2D eigenvalue weighted by molar-refractivity contribution is 0.422. The van der Waals surface area contributed by atoms with E-state index in [1.807, 2.05) is 6.07 Å². The van der Waals surface area contributed by atoms with Gasteiger partial charge < -0.3 is 5.32 Å². The van der Waals surface area contributed by atoms with Crippen LogP contribution in [0.2, 0.25) is 0 Å². The van der Waals surface area contributed by atoms with E-state index in [1.165, 1.54) is 12.1 Å². The van der Waals surface area contributed by atoms with E-state index < -0.39 is 0 Å². The van der Waals surface area contributed by atoms with Gasteiger partial charge >= 0.3 is 0 Å². The highest BCUT2D eigenvalue weighted by atomic mass is 79.9. The molecule has 1 N–H and O–H groups in total. The smallest absolute Gasteiger partial charge is 0.124 e. The van der Waals surface area contributed by atoms with Crippen molar-refractivity contribution >= 4 is 15.9 Å². The zero-order chi connectivity index (χ0) is 12.2. The van der Waals surface area contributed by atoms with Crippen LogP contribution in [0.15, 0.2) is 22.7 Å². The topological polar surface area (TPSA) is 12.0 Å². The maximum atomic E-state index is 12.8. The lowest BCUT2D eigenvalue weighted by Gasteiger charge is -2.20. The van der Waals surface area contributed by atoms with E-state index in [9.17, 15) is 4.39 Å². The maximum Gasteiger partial charge on any atom is 0.124 e. The Bertz CT molecular complexity index is 344. The van der Waals surface area contributed by atoms with Crippen molar-refractivity contribution in [2.24, 2.45) is 0 Å². The normalized spacial score (nSPS) is 11.8. The quantitative estimate of drug-likeness (QED) is 0.828. The summed E-state index contributed by atoms with van der Waals surface area (Å²) in [5.74, 6) is -0.191. The summed E-state index contributed by atoms with van der Waals surface area (Å²) in [6.45, 7) is 7.44. The number of benzene rings is 1. The predicted molar refractivity (Wildman–Crippen MR) is 70.2 cm³/mol. The SMILES string of the molecule is CC(C)(C)NCCCc1ccc(F)cc1Br. The van der Waals surface area contributed by atoms with Crippen molar-refractivity contribution in [2.45, 2.75) is 39.2 Å². The molecular weight excluding hydrogens is 269 g/mol. The number of nitrogens with one attached hydrogen (secondary N) is 1. The van der Waals surface area contributed by atoms with Gasteiger partial charge in [0.05, 0.1) is 0 Å². The fourth-order valence-corrected chi connectivity index (χ4v) is 2.02.